The number of carbonyl (C=O) groups excluding carboxylic acids is 1. The molecular weight excluding hydrogens is 502 g/mol. The van der Waals surface area contributed by atoms with Gasteiger partial charge in [0.25, 0.3) is 5.56 Å². The molecule has 10 nitrogen and oxygen atoms in total. The van der Waals surface area contributed by atoms with Crippen LogP contribution >= 0.6 is 0 Å². The molecule has 2 heterocycles. The van der Waals surface area contributed by atoms with E-state index >= 15 is 0 Å². The number of ether oxygens (including phenoxy) is 4. The van der Waals surface area contributed by atoms with Crippen LogP contribution in [0.5, 0.6) is 23.0 Å². The maximum atomic E-state index is 13.9. The third-order valence-corrected chi connectivity index (χ3v) is 7.28. The fourth-order valence-electron chi connectivity index (χ4n) is 5.14. The second kappa shape index (κ2) is 10.9. The molecule has 208 valence electrons. The van der Waals surface area contributed by atoms with Crippen LogP contribution in [0.3, 0.4) is 0 Å². The summed E-state index contributed by atoms with van der Waals surface area (Å²) in [5, 5.41) is 17.0. The Balaban J connectivity index is 1.45. The van der Waals surface area contributed by atoms with Crippen molar-refractivity contribution in [2.45, 2.75) is 38.8 Å². The van der Waals surface area contributed by atoms with Gasteiger partial charge in [-0.2, -0.15) is 0 Å². The highest BCUT2D eigenvalue weighted by Gasteiger charge is 2.35. The highest BCUT2D eigenvalue weighted by Crippen LogP contribution is 2.46. The maximum Gasteiger partial charge on any atom is 0.259 e. The van der Waals surface area contributed by atoms with Crippen molar-refractivity contribution in [3.8, 4) is 34.3 Å². The first-order valence-corrected chi connectivity index (χ1v) is 13.2. The van der Waals surface area contributed by atoms with Crippen LogP contribution < -0.4 is 35.1 Å². The second-order valence-corrected chi connectivity index (χ2v) is 10.4. The van der Waals surface area contributed by atoms with Gasteiger partial charge >= 0.3 is 0 Å². The molecule has 0 bridgehead atoms. The summed E-state index contributed by atoms with van der Waals surface area (Å²) in [4.78, 5) is 27.7. The first kappa shape index (κ1) is 27.0. The summed E-state index contributed by atoms with van der Waals surface area (Å²) in [5.74, 6) is 1.79. The van der Waals surface area contributed by atoms with E-state index in [1.165, 1.54) is 14.2 Å². The van der Waals surface area contributed by atoms with Gasteiger partial charge in [-0.05, 0) is 70.6 Å². The number of aliphatic hydroxyl groups excluding tert-OH is 1. The highest BCUT2D eigenvalue weighted by atomic mass is 16.7. The van der Waals surface area contributed by atoms with Crippen molar-refractivity contribution in [3.63, 3.8) is 0 Å². The number of benzene rings is 2. The lowest BCUT2D eigenvalue weighted by Crippen LogP contribution is -2.43. The average molecular weight is 538 g/mol. The number of ketones is 1. The van der Waals surface area contributed by atoms with Gasteiger partial charge in [0.1, 0.15) is 0 Å². The molecule has 0 radical (unpaired) electrons. The zero-order valence-electron chi connectivity index (χ0n) is 22.8. The largest absolute Gasteiger partial charge is 0.493 e. The quantitative estimate of drug-likeness (QED) is 0.234. The lowest BCUT2D eigenvalue weighted by molar-refractivity contribution is 0.104. The van der Waals surface area contributed by atoms with E-state index in [-0.39, 0.29) is 30.3 Å². The minimum atomic E-state index is -0.296. The minimum absolute atomic E-state index is 0.0809. The van der Waals surface area contributed by atoms with Gasteiger partial charge in [-0.3, -0.25) is 9.59 Å². The van der Waals surface area contributed by atoms with Crippen LogP contribution in [0.4, 0.5) is 0 Å². The van der Waals surface area contributed by atoms with Gasteiger partial charge in [0, 0.05) is 28.6 Å². The van der Waals surface area contributed by atoms with Crippen molar-refractivity contribution in [2.24, 2.45) is 0 Å². The third kappa shape index (κ3) is 4.95. The Bertz CT molecular complexity index is 1480. The zero-order valence-corrected chi connectivity index (χ0v) is 22.8. The van der Waals surface area contributed by atoms with E-state index in [2.05, 4.69) is 10.6 Å². The van der Waals surface area contributed by atoms with Crippen LogP contribution in [0.1, 0.15) is 42.6 Å². The number of methoxy groups -OCH3 is 2. The second-order valence-electron chi connectivity index (χ2n) is 10.4. The Morgan fingerprint density at radius 2 is 1.56 bits per heavy atom. The fraction of sp³-hybridized carbons (Fsp3) is 0.448. The number of aromatic nitrogens is 1. The van der Waals surface area contributed by atoms with Gasteiger partial charge < -0.3 is 39.3 Å². The predicted octanol–water partition coefficient (Wildman–Crippen LogP) is 2.69. The number of nitrogens with one attached hydrogen (secondary N) is 2. The van der Waals surface area contributed by atoms with E-state index in [4.69, 9.17) is 18.9 Å². The molecule has 0 unspecified atom stereocenters. The van der Waals surface area contributed by atoms with E-state index in [1.54, 1.807) is 28.8 Å². The first-order chi connectivity index (χ1) is 18.8. The smallest absolute Gasteiger partial charge is 0.259 e. The van der Waals surface area contributed by atoms with E-state index in [9.17, 15) is 14.7 Å². The highest BCUT2D eigenvalue weighted by molar-refractivity contribution is 6.27. The molecule has 3 N–H and O–H groups in total. The Labute approximate surface area is 226 Å². The van der Waals surface area contributed by atoms with Crippen molar-refractivity contribution >= 4 is 16.6 Å². The minimum Gasteiger partial charge on any atom is -0.493 e. The normalized spacial score (nSPS) is 13.6. The molecule has 0 fully saturated rings. The molecule has 10 heteroatoms. The molecule has 0 spiro atoms. The molecular formula is C29H35N3O7. The first-order valence-electron chi connectivity index (χ1n) is 13.2. The number of hydrogen-bond acceptors (Lipinski definition) is 9. The SMILES string of the molecule is COc1cc2c3c(n(CCCNCCCNC(C)(C)CO)c(=O)c2cc1OC)-c1cc2c(cc1C3=O)OCO2. The third-order valence-electron chi connectivity index (χ3n) is 7.28. The summed E-state index contributed by atoms with van der Waals surface area (Å²) in [6.45, 7) is 6.83. The van der Waals surface area contributed by atoms with Crippen LogP contribution in [0.2, 0.25) is 0 Å². The van der Waals surface area contributed by atoms with E-state index in [0.717, 1.165) is 19.5 Å². The standard InChI is InChI=1S/C29H35N3O7/c1-29(2,15-33)31-9-5-7-30-8-6-10-32-26-18-12-23-24(39-16-38-23)13-19(18)27(34)25(26)17-11-21(36-3)22(37-4)14-20(17)28(32)35/h11-14,30-31,33H,5-10,15-16H2,1-4H3. The van der Waals surface area contributed by atoms with Crippen molar-refractivity contribution in [3.05, 3.63) is 45.7 Å². The van der Waals surface area contributed by atoms with Crippen LogP contribution in [0, 0.1) is 0 Å². The van der Waals surface area contributed by atoms with E-state index < -0.39 is 0 Å². The monoisotopic (exact) mass is 537 g/mol. The number of pyridine rings is 1. The summed E-state index contributed by atoms with van der Waals surface area (Å²) < 4.78 is 23.7. The summed E-state index contributed by atoms with van der Waals surface area (Å²) in [7, 11) is 3.04. The molecule has 5 rings (SSSR count). The molecule has 0 saturated carbocycles. The topological polar surface area (TPSA) is 120 Å². The van der Waals surface area contributed by atoms with Gasteiger partial charge in [0.2, 0.25) is 6.79 Å². The van der Waals surface area contributed by atoms with Gasteiger partial charge in [0.15, 0.2) is 28.8 Å². The molecule has 39 heavy (non-hydrogen) atoms. The van der Waals surface area contributed by atoms with Crippen molar-refractivity contribution in [2.75, 3.05) is 47.3 Å². The lowest BCUT2D eigenvalue weighted by Gasteiger charge is -2.23. The molecule has 1 aliphatic carbocycles. The molecule has 2 aromatic carbocycles. The van der Waals surface area contributed by atoms with Gasteiger partial charge in [-0.15, -0.1) is 0 Å². The molecule has 0 saturated heterocycles. The fourth-order valence-corrected chi connectivity index (χ4v) is 5.14. The van der Waals surface area contributed by atoms with Crippen LogP contribution in [0.25, 0.3) is 22.0 Å². The Morgan fingerprint density at radius 1 is 0.923 bits per heavy atom. The molecule has 2 aliphatic rings. The molecule has 0 amide bonds. The molecule has 3 aromatic rings. The summed E-state index contributed by atoms with van der Waals surface area (Å²) in [6, 6.07) is 6.85. The van der Waals surface area contributed by atoms with Crippen molar-refractivity contribution in [1.82, 2.24) is 15.2 Å². The lowest BCUT2D eigenvalue weighted by atomic mass is 10.0. The number of carbonyl (C=O) groups is 1. The number of nitrogens with zero attached hydrogens (tertiary/aromatic N) is 1. The number of aliphatic hydroxyl groups is 1. The van der Waals surface area contributed by atoms with Crippen LogP contribution in [-0.4, -0.2) is 68.2 Å². The van der Waals surface area contributed by atoms with Gasteiger partial charge in [-0.1, -0.05) is 0 Å². The summed E-state index contributed by atoms with van der Waals surface area (Å²) >= 11 is 0. The number of rotatable bonds is 12. The van der Waals surface area contributed by atoms with Gasteiger partial charge in [-0.25, -0.2) is 0 Å². The van der Waals surface area contributed by atoms with Crippen LogP contribution in [-0.2, 0) is 6.54 Å². The predicted molar refractivity (Wildman–Crippen MR) is 148 cm³/mol. The van der Waals surface area contributed by atoms with Crippen LogP contribution in [0.15, 0.2) is 29.1 Å². The van der Waals surface area contributed by atoms with Crippen molar-refractivity contribution in [1.29, 1.82) is 0 Å². The molecule has 1 aliphatic heterocycles. The summed E-state index contributed by atoms with van der Waals surface area (Å²) in [5.41, 5.74) is 1.72. The Kier molecular flexibility index (Phi) is 7.53. The molecule has 0 atom stereocenters. The van der Waals surface area contributed by atoms with Gasteiger partial charge in [0.05, 0.1) is 37.5 Å². The van der Waals surface area contributed by atoms with E-state index in [1.807, 2.05) is 13.8 Å². The summed E-state index contributed by atoms with van der Waals surface area (Å²) in [6.07, 6.45) is 1.60. The van der Waals surface area contributed by atoms with Crippen molar-refractivity contribution < 1.29 is 28.8 Å². The number of fused-ring (bicyclic) bond motifs is 6. The molecule has 1 aromatic heterocycles. The Morgan fingerprint density at radius 3 is 2.23 bits per heavy atom. The zero-order chi connectivity index (χ0) is 27.7. The Hall–Kier alpha value is -3.60. The average Bonchev–Trinajstić information content (AvgIpc) is 3.51. The number of hydrogen-bond donors (Lipinski definition) is 3. The van der Waals surface area contributed by atoms with E-state index in [0.29, 0.717) is 75.7 Å². The maximum absolute atomic E-state index is 13.9.